The Morgan fingerprint density at radius 1 is 1.16 bits per heavy atom. The first kappa shape index (κ1) is 20.9. The van der Waals surface area contributed by atoms with Gasteiger partial charge in [-0.05, 0) is 49.4 Å². The third-order valence-electron chi connectivity index (χ3n) is 5.06. The van der Waals surface area contributed by atoms with Gasteiger partial charge in [-0.25, -0.2) is 28.3 Å². The van der Waals surface area contributed by atoms with E-state index >= 15 is 0 Å². The highest BCUT2D eigenvalue weighted by atomic mass is 19.1. The van der Waals surface area contributed by atoms with Crippen LogP contribution in [0.5, 0.6) is 0 Å². The summed E-state index contributed by atoms with van der Waals surface area (Å²) in [5.41, 5.74) is -2.40. The summed E-state index contributed by atoms with van der Waals surface area (Å²) in [4.78, 5) is 55.0. The molecule has 0 N–H and O–H groups in total. The van der Waals surface area contributed by atoms with E-state index in [1.54, 1.807) is 0 Å². The molecule has 0 aliphatic heterocycles. The maximum absolute atomic E-state index is 14.2. The van der Waals surface area contributed by atoms with Gasteiger partial charge in [-0.1, -0.05) is 0 Å². The summed E-state index contributed by atoms with van der Waals surface area (Å²) in [5, 5.41) is 0.0863. The number of carbonyl (C=O) groups is 1. The number of pyridine rings is 1. The Morgan fingerprint density at radius 2 is 1.94 bits per heavy atom. The standard InChI is InChI=1S/C22H16FN3O6/c1-12(14-6-4-10-32-21(14)29)25-19(27)15-5-3-9-24-18(15)26(22(25)30)13-7-8-17(23)16(11-13)20(28)31-2/h3-12H,1-2H3. The molecule has 10 heteroatoms. The van der Waals surface area contributed by atoms with Crippen molar-refractivity contribution >= 4 is 17.0 Å². The molecule has 9 nitrogen and oxygen atoms in total. The zero-order valence-electron chi connectivity index (χ0n) is 16.9. The van der Waals surface area contributed by atoms with Crippen molar-refractivity contribution in [2.24, 2.45) is 0 Å². The van der Waals surface area contributed by atoms with Gasteiger partial charge in [0.15, 0.2) is 5.65 Å². The summed E-state index contributed by atoms with van der Waals surface area (Å²) >= 11 is 0. The molecule has 0 saturated heterocycles. The van der Waals surface area contributed by atoms with Crippen molar-refractivity contribution in [1.29, 1.82) is 0 Å². The van der Waals surface area contributed by atoms with Gasteiger partial charge in [-0.2, -0.15) is 0 Å². The van der Waals surface area contributed by atoms with Gasteiger partial charge >= 0.3 is 17.3 Å². The van der Waals surface area contributed by atoms with Gasteiger partial charge in [0.1, 0.15) is 5.82 Å². The molecule has 0 radical (unpaired) electrons. The number of rotatable bonds is 4. The predicted molar refractivity (Wildman–Crippen MR) is 112 cm³/mol. The molecule has 0 spiro atoms. The summed E-state index contributed by atoms with van der Waals surface area (Å²) in [7, 11) is 1.10. The number of aromatic nitrogens is 3. The SMILES string of the molecule is COC(=O)c1cc(-n2c(=O)n(C(C)c3cccoc3=O)c(=O)c3cccnc32)ccc1F. The first-order valence-corrected chi connectivity index (χ1v) is 9.43. The van der Waals surface area contributed by atoms with Gasteiger partial charge in [0.2, 0.25) is 0 Å². The monoisotopic (exact) mass is 437 g/mol. The molecule has 0 fully saturated rings. The van der Waals surface area contributed by atoms with E-state index in [4.69, 9.17) is 4.42 Å². The summed E-state index contributed by atoms with van der Waals surface area (Å²) in [6.07, 6.45) is 2.58. The van der Waals surface area contributed by atoms with Crippen molar-refractivity contribution in [3.63, 3.8) is 0 Å². The Hall–Kier alpha value is -4.34. The molecule has 0 bridgehead atoms. The molecule has 3 heterocycles. The lowest BCUT2D eigenvalue weighted by Gasteiger charge is -2.18. The molecule has 0 aliphatic rings. The van der Waals surface area contributed by atoms with Gasteiger partial charge in [-0.3, -0.25) is 9.36 Å². The molecule has 32 heavy (non-hydrogen) atoms. The van der Waals surface area contributed by atoms with E-state index in [2.05, 4.69) is 9.72 Å². The van der Waals surface area contributed by atoms with Crippen LogP contribution in [0.25, 0.3) is 16.7 Å². The van der Waals surface area contributed by atoms with Gasteiger partial charge < -0.3 is 9.15 Å². The second kappa shape index (κ2) is 8.06. The van der Waals surface area contributed by atoms with Crippen molar-refractivity contribution in [3.8, 4) is 5.69 Å². The molecule has 4 aromatic rings. The highest BCUT2D eigenvalue weighted by molar-refractivity contribution is 5.90. The minimum absolute atomic E-state index is 0.00784. The fraction of sp³-hybridized carbons (Fsp3) is 0.136. The lowest BCUT2D eigenvalue weighted by Crippen LogP contribution is -2.42. The number of halogens is 1. The fourth-order valence-corrected chi connectivity index (χ4v) is 3.48. The zero-order valence-corrected chi connectivity index (χ0v) is 16.9. The smallest absolute Gasteiger partial charge is 0.340 e. The van der Waals surface area contributed by atoms with Gasteiger partial charge in [-0.15, -0.1) is 0 Å². The predicted octanol–water partition coefficient (Wildman–Crippen LogP) is 2.04. The average Bonchev–Trinajstić information content (AvgIpc) is 2.80. The highest BCUT2D eigenvalue weighted by Gasteiger charge is 2.23. The van der Waals surface area contributed by atoms with E-state index in [0.717, 1.165) is 28.4 Å². The molecule has 4 rings (SSSR count). The summed E-state index contributed by atoms with van der Waals surface area (Å²) in [6.45, 7) is 1.51. The summed E-state index contributed by atoms with van der Waals surface area (Å²) in [5.74, 6) is -1.77. The zero-order chi connectivity index (χ0) is 23.0. The lowest BCUT2D eigenvalue weighted by molar-refractivity contribution is 0.0595. The third kappa shape index (κ3) is 3.31. The average molecular weight is 437 g/mol. The largest absolute Gasteiger partial charge is 0.465 e. The number of hydrogen-bond donors (Lipinski definition) is 0. The first-order chi connectivity index (χ1) is 15.3. The second-order valence-corrected chi connectivity index (χ2v) is 6.86. The third-order valence-corrected chi connectivity index (χ3v) is 5.06. The summed E-state index contributed by atoms with van der Waals surface area (Å²) in [6, 6.07) is 8.35. The molecule has 3 aromatic heterocycles. The highest BCUT2D eigenvalue weighted by Crippen LogP contribution is 2.18. The number of nitrogens with zero attached hydrogens (tertiary/aromatic N) is 3. The minimum Gasteiger partial charge on any atom is -0.465 e. The van der Waals surface area contributed by atoms with Crippen molar-refractivity contribution < 1.29 is 18.3 Å². The van der Waals surface area contributed by atoms with Gasteiger partial charge in [0.05, 0.1) is 41.6 Å². The van der Waals surface area contributed by atoms with Crippen molar-refractivity contribution in [2.75, 3.05) is 7.11 Å². The Labute approximate surface area is 178 Å². The number of carbonyl (C=O) groups excluding carboxylic acids is 1. The van der Waals surface area contributed by atoms with Crippen LogP contribution in [0.1, 0.15) is 28.9 Å². The number of methoxy groups -OCH3 is 1. The Balaban J connectivity index is 2.09. The normalized spacial score (nSPS) is 12.0. The molecular weight excluding hydrogens is 421 g/mol. The number of hydrogen-bond acceptors (Lipinski definition) is 7. The van der Waals surface area contributed by atoms with E-state index in [9.17, 15) is 23.6 Å². The molecule has 162 valence electrons. The van der Waals surface area contributed by atoms with Gasteiger partial charge in [0.25, 0.3) is 5.56 Å². The van der Waals surface area contributed by atoms with E-state index in [1.807, 2.05) is 0 Å². The van der Waals surface area contributed by atoms with E-state index in [1.165, 1.54) is 49.7 Å². The second-order valence-electron chi connectivity index (χ2n) is 6.86. The quantitative estimate of drug-likeness (QED) is 0.449. The lowest BCUT2D eigenvalue weighted by atomic mass is 10.1. The summed E-state index contributed by atoms with van der Waals surface area (Å²) < 4.78 is 25.6. The maximum atomic E-state index is 14.2. The minimum atomic E-state index is -0.983. The van der Waals surface area contributed by atoms with Crippen molar-refractivity contribution in [3.05, 3.63) is 103 Å². The van der Waals surface area contributed by atoms with Crippen LogP contribution in [0, 0.1) is 5.82 Å². The Bertz CT molecular complexity index is 1540. The first-order valence-electron chi connectivity index (χ1n) is 9.43. The van der Waals surface area contributed by atoms with Crippen LogP contribution >= 0.6 is 0 Å². The topological polar surface area (TPSA) is 113 Å². The molecule has 1 atom stereocenters. The number of esters is 1. The number of ether oxygens (including phenoxy) is 1. The Kier molecular flexibility index (Phi) is 5.27. The number of benzene rings is 1. The van der Waals surface area contributed by atoms with Crippen LogP contribution in [0.4, 0.5) is 4.39 Å². The molecule has 1 unspecified atom stereocenters. The molecular formula is C22H16FN3O6. The molecule has 0 aliphatic carbocycles. The van der Waals surface area contributed by atoms with Crippen LogP contribution in [0.3, 0.4) is 0 Å². The molecule has 1 aromatic carbocycles. The van der Waals surface area contributed by atoms with Crippen molar-refractivity contribution in [2.45, 2.75) is 13.0 Å². The fourth-order valence-electron chi connectivity index (χ4n) is 3.48. The van der Waals surface area contributed by atoms with Crippen LogP contribution in [0.2, 0.25) is 0 Å². The van der Waals surface area contributed by atoms with Crippen LogP contribution in [-0.4, -0.2) is 27.2 Å². The Morgan fingerprint density at radius 3 is 2.66 bits per heavy atom. The molecule has 0 amide bonds. The van der Waals surface area contributed by atoms with E-state index in [0.29, 0.717) is 0 Å². The van der Waals surface area contributed by atoms with Crippen LogP contribution in [0.15, 0.2) is 73.7 Å². The molecule has 0 saturated carbocycles. The van der Waals surface area contributed by atoms with Crippen LogP contribution in [-0.2, 0) is 4.74 Å². The number of fused-ring (bicyclic) bond motifs is 1. The van der Waals surface area contributed by atoms with Crippen LogP contribution < -0.4 is 16.9 Å². The maximum Gasteiger partial charge on any atom is 0.340 e. The van der Waals surface area contributed by atoms with E-state index < -0.39 is 40.3 Å². The van der Waals surface area contributed by atoms with Crippen molar-refractivity contribution in [1.82, 2.24) is 14.1 Å². The van der Waals surface area contributed by atoms with E-state index in [-0.39, 0.29) is 22.3 Å². The van der Waals surface area contributed by atoms with Gasteiger partial charge in [0, 0.05) is 6.20 Å².